The number of aryl methyl sites for hydroxylation is 1. The maximum absolute atomic E-state index is 10.6. The van der Waals surface area contributed by atoms with E-state index in [1.54, 1.807) is 13.0 Å². The Labute approximate surface area is 87.7 Å². The van der Waals surface area contributed by atoms with Crippen LogP contribution in [0.15, 0.2) is 21.6 Å². The van der Waals surface area contributed by atoms with Crippen LogP contribution in [0, 0.1) is 17.0 Å². The van der Waals surface area contributed by atoms with Gasteiger partial charge in [0.25, 0.3) is 5.69 Å². The number of nitro benzene ring substituents is 1. The number of benzene rings is 1. The van der Waals surface area contributed by atoms with E-state index in [9.17, 15) is 14.9 Å². The van der Waals surface area contributed by atoms with Crippen LogP contribution in [0.1, 0.15) is 5.56 Å². The van der Waals surface area contributed by atoms with E-state index in [0.717, 1.165) is 0 Å². The zero-order valence-corrected chi connectivity index (χ0v) is 8.74. The molecule has 0 radical (unpaired) electrons. The lowest BCUT2D eigenvalue weighted by Gasteiger charge is -2.00. The highest BCUT2D eigenvalue weighted by Gasteiger charge is 2.16. The molecule has 0 aliphatic heterocycles. The van der Waals surface area contributed by atoms with Crippen LogP contribution in [0.5, 0.6) is 0 Å². The molecule has 0 fully saturated rings. The molecule has 0 saturated heterocycles. The van der Waals surface area contributed by atoms with Crippen LogP contribution in [-0.2, 0) is 4.79 Å². The maximum Gasteiger partial charge on any atom is 0.285 e. The second kappa shape index (κ2) is 4.13. The van der Waals surface area contributed by atoms with Crippen molar-refractivity contribution in [2.24, 2.45) is 4.99 Å². The molecule has 0 spiro atoms. The minimum atomic E-state index is -0.541. The second-order valence-electron chi connectivity index (χ2n) is 2.58. The van der Waals surface area contributed by atoms with Gasteiger partial charge in [-0.1, -0.05) is 0 Å². The van der Waals surface area contributed by atoms with Crippen molar-refractivity contribution in [3.05, 3.63) is 32.3 Å². The largest absolute Gasteiger partial charge is 0.285 e. The van der Waals surface area contributed by atoms with E-state index in [2.05, 4.69) is 20.9 Å². The fourth-order valence-corrected chi connectivity index (χ4v) is 1.46. The number of nitro groups is 1. The fraction of sp³-hybridized carbons (Fsp3) is 0.125. The predicted octanol–water partition coefficient (Wildman–Crippen LogP) is 2.63. The van der Waals surface area contributed by atoms with Crippen LogP contribution < -0.4 is 0 Å². The number of aliphatic imine (C=N–C) groups is 1. The number of nitrogens with zero attached hydrogens (tertiary/aromatic N) is 2. The Morgan fingerprint density at radius 1 is 1.57 bits per heavy atom. The first kappa shape index (κ1) is 10.6. The van der Waals surface area contributed by atoms with Gasteiger partial charge in [-0.2, -0.15) is 4.99 Å². The number of halogens is 1. The zero-order chi connectivity index (χ0) is 10.7. The third-order valence-electron chi connectivity index (χ3n) is 1.54. The Morgan fingerprint density at radius 2 is 2.21 bits per heavy atom. The predicted molar refractivity (Wildman–Crippen MR) is 53.3 cm³/mol. The maximum atomic E-state index is 10.6. The molecule has 0 bridgehead atoms. The van der Waals surface area contributed by atoms with Crippen molar-refractivity contribution >= 4 is 33.4 Å². The van der Waals surface area contributed by atoms with Gasteiger partial charge in [-0.25, -0.2) is 4.79 Å². The SMILES string of the molecule is Cc1cc(N=C=O)c(Br)c([N+](=O)[O-])c1. The lowest BCUT2D eigenvalue weighted by molar-refractivity contribution is -0.385. The highest BCUT2D eigenvalue weighted by atomic mass is 79.9. The Balaban J connectivity index is 3.46. The molecule has 0 heterocycles. The average molecular weight is 257 g/mol. The van der Waals surface area contributed by atoms with E-state index >= 15 is 0 Å². The minimum Gasteiger partial charge on any atom is -0.258 e. The average Bonchev–Trinajstić information content (AvgIpc) is 2.10. The van der Waals surface area contributed by atoms with Gasteiger partial charge in [0.15, 0.2) is 0 Å². The molecule has 0 amide bonds. The molecule has 14 heavy (non-hydrogen) atoms. The van der Waals surface area contributed by atoms with Gasteiger partial charge in [0, 0.05) is 6.07 Å². The van der Waals surface area contributed by atoms with Crippen molar-refractivity contribution in [3.63, 3.8) is 0 Å². The molecule has 0 saturated carbocycles. The Bertz CT molecular complexity index is 415. The van der Waals surface area contributed by atoms with Crippen molar-refractivity contribution in [1.82, 2.24) is 0 Å². The van der Waals surface area contributed by atoms with Gasteiger partial charge in [0.2, 0.25) is 6.08 Å². The lowest BCUT2D eigenvalue weighted by Crippen LogP contribution is -1.90. The number of carbonyl (C=O) groups excluding carboxylic acids is 1. The van der Waals surface area contributed by atoms with Crippen molar-refractivity contribution < 1.29 is 9.72 Å². The normalized spacial score (nSPS) is 9.29. The summed E-state index contributed by atoms with van der Waals surface area (Å²) >= 11 is 3.00. The molecule has 6 heteroatoms. The van der Waals surface area contributed by atoms with Crippen molar-refractivity contribution in [1.29, 1.82) is 0 Å². The molecule has 0 N–H and O–H groups in total. The monoisotopic (exact) mass is 256 g/mol. The third kappa shape index (κ3) is 2.04. The number of hydrogen-bond donors (Lipinski definition) is 0. The molecule has 1 rings (SSSR count). The second-order valence-corrected chi connectivity index (χ2v) is 3.37. The highest BCUT2D eigenvalue weighted by molar-refractivity contribution is 9.10. The van der Waals surface area contributed by atoms with E-state index in [4.69, 9.17) is 0 Å². The molecule has 72 valence electrons. The van der Waals surface area contributed by atoms with Gasteiger partial charge in [-0.15, -0.1) is 0 Å². The van der Waals surface area contributed by atoms with E-state index in [0.29, 0.717) is 5.56 Å². The highest BCUT2D eigenvalue weighted by Crippen LogP contribution is 2.35. The van der Waals surface area contributed by atoms with Gasteiger partial charge in [-0.3, -0.25) is 10.1 Å². The first-order chi connectivity index (χ1) is 6.56. The van der Waals surface area contributed by atoms with E-state index in [1.165, 1.54) is 12.1 Å². The molecule has 0 atom stereocenters. The molecule has 0 unspecified atom stereocenters. The summed E-state index contributed by atoms with van der Waals surface area (Å²) in [5.74, 6) is 0. The number of hydrogen-bond acceptors (Lipinski definition) is 4. The summed E-state index contributed by atoms with van der Waals surface area (Å²) in [4.78, 5) is 23.4. The van der Waals surface area contributed by atoms with E-state index in [1.807, 2.05) is 0 Å². The fourth-order valence-electron chi connectivity index (χ4n) is 0.994. The van der Waals surface area contributed by atoms with Gasteiger partial charge in [0.05, 0.1) is 10.6 Å². The van der Waals surface area contributed by atoms with Crippen molar-refractivity contribution in [2.45, 2.75) is 6.92 Å². The molecule has 0 aliphatic rings. The quantitative estimate of drug-likeness (QED) is 0.354. The molecular weight excluding hydrogens is 252 g/mol. The summed E-state index contributed by atoms with van der Waals surface area (Å²) in [6, 6.07) is 2.95. The topological polar surface area (TPSA) is 72.6 Å². The Morgan fingerprint density at radius 3 is 2.71 bits per heavy atom. The Hall–Kier alpha value is -1.52. The molecule has 1 aromatic carbocycles. The standard InChI is InChI=1S/C8H5BrN2O3/c1-5-2-6(10-4-12)8(9)7(3-5)11(13)14/h2-3H,1H3. The molecule has 0 aliphatic carbocycles. The summed E-state index contributed by atoms with van der Waals surface area (Å²) in [7, 11) is 0. The smallest absolute Gasteiger partial charge is 0.258 e. The molecule has 5 nitrogen and oxygen atoms in total. The third-order valence-corrected chi connectivity index (χ3v) is 2.35. The zero-order valence-electron chi connectivity index (χ0n) is 7.15. The van der Waals surface area contributed by atoms with Crippen LogP contribution in [0.4, 0.5) is 11.4 Å². The van der Waals surface area contributed by atoms with Crippen LogP contribution in [0.3, 0.4) is 0 Å². The van der Waals surface area contributed by atoms with E-state index in [-0.39, 0.29) is 15.8 Å². The summed E-state index contributed by atoms with van der Waals surface area (Å²) in [5, 5.41) is 10.6. The van der Waals surface area contributed by atoms with Crippen LogP contribution >= 0.6 is 15.9 Å². The molecular formula is C8H5BrN2O3. The van der Waals surface area contributed by atoms with Gasteiger partial charge < -0.3 is 0 Å². The molecule has 0 aromatic heterocycles. The Kier molecular flexibility index (Phi) is 3.11. The van der Waals surface area contributed by atoms with Gasteiger partial charge in [0.1, 0.15) is 4.47 Å². The summed E-state index contributed by atoms with van der Waals surface area (Å²) in [5.41, 5.74) is 0.764. The van der Waals surface area contributed by atoms with Crippen molar-refractivity contribution in [3.8, 4) is 0 Å². The van der Waals surface area contributed by atoms with E-state index < -0.39 is 4.92 Å². The summed E-state index contributed by atoms with van der Waals surface area (Å²) < 4.78 is 0.191. The van der Waals surface area contributed by atoms with Gasteiger partial charge >= 0.3 is 0 Å². The summed E-state index contributed by atoms with van der Waals surface area (Å²) in [6.07, 6.45) is 1.34. The van der Waals surface area contributed by atoms with Crippen LogP contribution in [-0.4, -0.2) is 11.0 Å². The minimum absolute atomic E-state index is 0.112. The first-order valence-electron chi connectivity index (χ1n) is 3.58. The van der Waals surface area contributed by atoms with Crippen LogP contribution in [0.2, 0.25) is 0 Å². The molecule has 1 aromatic rings. The number of isocyanates is 1. The number of rotatable bonds is 2. The first-order valence-corrected chi connectivity index (χ1v) is 4.38. The lowest BCUT2D eigenvalue weighted by atomic mass is 10.2. The van der Waals surface area contributed by atoms with Gasteiger partial charge in [-0.05, 0) is 34.5 Å². The summed E-state index contributed by atoms with van der Waals surface area (Å²) in [6.45, 7) is 1.68. The van der Waals surface area contributed by atoms with Crippen molar-refractivity contribution in [2.75, 3.05) is 0 Å². The van der Waals surface area contributed by atoms with Crippen LogP contribution in [0.25, 0.3) is 0 Å².